The SMILES string of the molecule is COc1ccc(/C=C/C=N\NC(N)=S)cc1. The maximum atomic E-state index is 5.19. The third-order valence-corrected chi connectivity index (χ3v) is 1.83. The first-order chi connectivity index (χ1) is 7.72. The Kier molecular flexibility index (Phi) is 5.01. The Labute approximate surface area is 99.8 Å². The lowest BCUT2D eigenvalue weighted by molar-refractivity contribution is 0.415. The molecular formula is C11H13N3OS. The molecule has 0 heterocycles. The number of thiocarbonyl (C=S) groups is 1. The molecule has 3 N–H and O–H groups in total. The number of nitrogens with zero attached hydrogens (tertiary/aromatic N) is 1. The van der Waals surface area contributed by atoms with Gasteiger partial charge in [0, 0.05) is 6.21 Å². The first kappa shape index (κ1) is 12.2. The van der Waals surface area contributed by atoms with Gasteiger partial charge in [0.2, 0.25) is 0 Å². The number of nitrogens with one attached hydrogen (secondary N) is 1. The third kappa shape index (κ3) is 4.56. The molecule has 0 atom stereocenters. The Balaban J connectivity index is 2.49. The lowest BCUT2D eigenvalue weighted by Crippen LogP contribution is -2.23. The van der Waals surface area contributed by atoms with Gasteiger partial charge in [0.15, 0.2) is 5.11 Å². The molecule has 0 spiro atoms. The van der Waals surface area contributed by atoms with Gasteiger partial charge < -0.3 is 10.5 Å². The quantitative estimate of drug-likeness (QED) is 0.472. The van der Waals surface area contributed by atoms with E-state index in [0.717, 1.165) is 11.3 Å². The summed E-state index contributed by atoms with van der Waals surface area (Å²) in [5.41, 5.74) is 8.70. The van der Waals surface area contributed by atoms with Crippen molar-refractivity contribution < 1.29 is 4.74 Å². The maximum Gasteiger partial charge on any atom is 0.184 e. The molecule has 84 valence electrons. The van der Waals surface area contributed by atoms with Gasteiger partial charge in [-0.3, -0.25) is 5.43 Å². The van der Waals surface area contributed by atoms with Gasteiger partial charge in [0.25, 0.3) is 0 Å². The molecule has 0 aliphatic carbocycles. The lowest BCUT2D eigenvalue weighted by atomic mass is 10.2. The van der Waals surface area contributed by atoms with Gasteiger partial charge in [-0.25, -0.2) is 0 Å². The van der Waals surface area contributed by atoms with Gasteiger partial charge in [0.1, 0.15) is 5.75 Å². The predicted molar refractivity (Wildman–Crippen MR) is 70.4 cm³/mol. The smallest absolute Gasteiger partial charge is 0.184 e. The highest BCUT2D eigenvalue weighted by atomic mass is 32.1. The molecule has 0 bridgehead atoms. The molecule has 0 saturated carbocycles. The molecule has 0 amide bonds. The minimum absolute atomic E-state index is 0.147. The molecule has 16 heavy (non-hydrogen) atoms. The van der Waals surface area contributed by atoms with Crippen LogP contribution in [0.4, 0.5) is 0 Å². The Morgan fingerprint density at radius 2 is 2.12 bits per heavy atom. The van der Waals surface area contributed by atoms with Crippen molar-refractivity contribution in [1.82, 2.24) is 5.43 Å². The standard InChI is InChI=1S/C11H13N3OS/c1-15-10-6-4-9(5-7-10)3-2-8-13-14-11(12)16/h2-8H,1H3,(H3,12,14,16)/b3-2+,13-8-. The Morgan fingerprint density at radius 1 is 1.44 bits per heavy atom. The zero-order valence-electron chi connectivity index (χ0n) is 8.88. The number of hydrogen-bond acceptors (Lipinski definition) is 3. The van der Waals surface area contributed by atoms with E-state index in [2.05, 4.69) is 22.7 Å². The summed E-state index contributed by atoms with van der Waals surface area (Å²) in [5, 5.41) is 3.91. The van der Waals surface area contributed by atoms with Crippen molar-refractivity contribution in [2.24, 2.45) is 10.8 Å². The first-order valence-corrected chi connectivity index (χ1v) is 5.02. The van der Waals surface area contributed by atoms with Gasteiger partial charge in [-0.1, -0.05) is 18.2 Å². The molecule has 0 radical (unpaired) electrons. The highest BCUT2D eigenvalue weighted by Gasteiger charge is 1.88. The van der Waals surface area contributed by atoms with Crippen LogP contribution in [0.3, 0.4) is 0 Å². The van der Waals surface area contributed by atoms with Crippen LogP contribution in [-0.2, 0) is 0 Å². The van der Waals surface area contributed by atoms with E-state index in [1.54, 1.807) is 19.4 Å². The van der Waals surface area contributed by atoms with Crippen molar-refractivity contribution in [3.8, 4) is 5.75 Å². The number of benzene rings is 1. The maximum absolute atomic E-state index is 5.19. The second-order valence-corrected chi connectivity index (χ2v) is 3.33. The van der Waals surface area contributed by atoms with E-state index < -0.39 is 0 Å². The minimum Gasteiger partial charge on any atom is -0.497 e. The molecule has 1 rings (SSSR count). The summed E-state index contributed by atoms with van der Waals surface area (Å²) in [7, 11) is 1.64. The van der Waals surface area contributed by atoms with E-state index >= 15 is 0 Å². The van der Waals surface area contributed by atoms with Crippen LogP contribution in [0, 0.1) is 0 Å². The second-order valence-electron chi connectivity index (χ2n) is 2.89. The van der Waals surface area contributed by atoms with E-state index in [1.807, 2.05) is 30.3 Å². The second kappa shape index (κ2) is 6.58. The van der Waals surface area contributed by atoms with Gasteiger partial charge in [-0.2, -0.15) is 5.10 Å². The van der Waals surface area contributed by atoms with E-state index in [0.29, 0.717) is 0 Å². The zero-order valence-corrected chi connectivity index (χ0v) is 9.70. The van der Waals surface area contributed by atoms with Crippen molar-refractivity contribution in [3.63, 3.8) is 0 Å². The Bertz CT molecular complexity index is 398. The lowest BCUT2D eigenvalue weighted by Gasteiger charge is -1.98. The van der Waals surface area contributed by atoms with E-state index in [1.165, 1.54) is 0 Å². The number of ether oxygens (including phenoxy) is 1. The van der Waals surface area contributed by atoms with Crippen LogP contribution in [0.1, 0.15) is 5.56 Å². The molecule has 0 aliphatic heterocycles. The largest absolute Gasteiger partial charge is 0.497 e. The molecule has 0 aromatic heterocycles. The van der Waals surface area contributed by atoms with E-state index in [-0.39, 0.29) is 5.11 Å². The highest BCUT2D eigenvalue weighted by molar-refractivity contribution is 7.80. The minimum atomic E-state index is 0.147. The summed E-state index contributed by atoms with van der Waals surface area (Å²) < 4.78 is 5.05. The Hall–Kier alpha value is -1.88. The molecule has 4 nitrogen and oxygen atoms in total. The molecule has 1 aromatic carbocycles. The summed E-state index contributed by atoms with van der Waals surface area (Å²) in [6.07, 6.45) is 5.26. The van der Waals surface area contributed by atoms with Crippen molar-refractivity contribution in [2.45, 2.75) is 0 Å². The molecule has 1 aromatic rings. The average molecular weight is 235 g/mol. The number of hydrazone groups is 1. The van der Waals surface area contributed by atoms with Crippen LogP contribution in [-0.4, -0.2) is 18.4 Å². The van der Waals surface area contributed by atoms with E-state index in [9.17, 15) is 0 Å². The third-order valence-electron chi connectivity index (χ3n) is 1.74. The number of allylic oxidation sites excluding steroid dienone is 1. The average Bonchev–Trinajstić information content (AvgIpc) is 2.29. The van der Waals surface area contributed by atoms with Gasteiger partial charge >= 0.3 is 0 Å². The zero-order chi connectivity index (χ0) is 11.8. The molecule has 5 heteroatoms. The normalized spacial score (nSPS) is 10.8. The van der Waals surface area contributed by atoms with Gasteiger partial charge in [0.05, 0.1) is 7.11 Å². The van der Waals surface area contributed by atoms with Gasteiger partial charge in [-0.15, -0.1) is 0 Å². The van der Waals surface area contributed by atoms with Crippen LogP contribution in [0.2, 0.25) is 0 Å². The number of nitrogens with two attached hydrogens (primary N) is 1. The van der Waals surface area contributed by atoms with Crippen LogP contribution >= 0.6 is 12.2 Å². The highest BCUT2D eigenvalue weighted by Crippen LogP contribution is 2.11. The van der Waals surface area contributed by atoms with Crippen molar-refractivity contribution in [2.75, 3.05) is 7.11 Å². The summed E-state index contributed by atoms with van der Waals surface area (Å²) >= 11 is 4.58. The fourth-order valence-corrected chi connectivity index (χ4v) is 1.07. The Morgan fingerprint density at radius 3 is 2.69 bits per heavy atom. The molecule has 0 unspecified atom stereocenters. The summed E-state index contributed by atoms with van der Waals surface area (Å²) in [4.78, 5) is 0. The van der Waals surface area contributed by atoms with Gasteiger partial charge in [-0.05, 0) is 36.0 Å². The van der Waals surface area contributed by atoms with E-state index in [4.69, 9.17) is 10.5 Å². The van der Waals surface area contributed by atoms with Crippen LogP contribution < -0.4 is 15.9 Å². The topological polar surface area (TPSA) is 59.6 Å². The summed E-state index contributed by atoms with van der Waals surface area (Å²) in [6, 6.07) is 7.68. The molecular weight excluding hydrogens is 222 g/mol. The molecule has 0 saturated heterocycles. The van der Waals surface area contributed by atoms with Crippen molar-refractivity contribution in [1.29, 1.82) is 0 Å². The number of rotatable bonds is 4. The van der Waals surface area contributed by atoms with Crippen LogP contribution in [0.5, 0.6) is 5.75 Å². The van der Waals surface area contributed by atoms with Crippen LogP contribution in [0.15, 0.2) is 35.4 Å². The fourth-order valence-electron chi connectivity index (χ4n) is 1.01. The first-order valence-electron chi connectivity index (χ1n) is 4.61. The molecule has 0 aliphatic rings. The van der Waals surface area contributed by atoms with Crippen LogP contribution in [0.25, 0.3) is 6.08 Å². The summed E-state index contributed by atoms with van der Waals surface area (Å²) in [6.45, 7) is 0. The fraction of sp³-hybridized carbons (Fsp3) is 0.0909. The summed E-state index contributed by atoms with van der Waals surface area (Å²) in [5.74, 6) is 0.834. The number of hydrogen-bond donors (Lipinski definition) is 2. The van der Waals surface area contributed by atoms with Crippen molar-refractivity contribution in [3.05, 3.63) is 35.9 Å². The molecule has 0 fully saturated rings. The van der Waals surface area contributed by atoms with Crippen molar-refractivity contribution >= 4 is 29.6 Å². The predicted octanol–water partition coefficient (Wildman–Crippen LogP) is 1.53. The monoisotopic (exact) mass is 235 g/mol. The number of methoxy groups -OCH3 is 1.